The molecule has 98 valence electrons. The first-order valence-corrected chi connectivity index (χ1v) is 6.82. The molecular weight excluding hydrogens is 273 g/mol. The molecule has 1 saturated carbocycles. The number of aromatic nitrogens is 1. The van der Waals surface area contributed by atoms with E-state index < -0.39 is 11.4 Å². The van der Waals surface area contributed by atoms with Crippen LogP contribution < -0.4 is 0 Å². The van der Waals surface area contributed by atoms with Crippen LogP contribution in [0.2, 0.25) is 10.2 Å². The Kier molecular flexibility index (Phi) is 4.13. The zero-order valence-corrected chi connectivity index (χ0v) is 11.5. The van der Waals surface area contributed by atoms with E-state index in [1.165, 1.54) is 0 Å². The number of hydrogen-bond acceptors (Lipinski definition) is 2. The molecule has 1 aliphatic rings. The Morgan fingerprint density at radius 1 is 1.33 bits per heavy atom. The Bertz CT molecular complexity index is 456. The van der Waals surface area contributed by atoms with E-state index in [-0.39, 0.29) is 0 Å². The molecule has 0 saturated heterocycles. The van der Waals surface area contributed by atoms with Gasteiger partial charge in [0.25, 0.3) is 0 Å². The smallest absolute Gasteiger partial charge is 0.309 e. The number of carboxylic acids is 1. The lowest BCUT2D eigenvalue weighted by Gasteiger charge is -2.33. The molecule has 0 amide bonds. The van der Waals surface area contributed by atoms with Crippen LogP contribution >= 0.6 is 23.2 Å². The molecule has 0 radical (unpaired) electrons. The van der Waals surface area contributed by atoms with E-state index >= 15 is 0 Å². The van der Waals surface area contributed by atoms with Crippen LogP contribution in [0, 0.1) is 5.41 Å². The average molecular weight is 288 g/mol. The van der Waals surface area contributed by atoms with Crippen molar-refractivity contribution in [2.24, 2.45) is 5.41 Å². The molecular formula is C13H15Cl2NO2. The first-order chi connectivity index (χ1) is 8.53. The normalized spacial score (nSPS) is 18.6. The van der Waals surface area contributed by atoms with Crippen LogP contribution in [0.3, 0.4) is 0 Å². The number of halogens is 2. The molecule has 0 unspecified atom stereocenters. The Balaban J connectivity index is 2.26. The van der Waals surface area contributed by atoms with Crippen LogP contribution in [-0.4, -0.2) is 16.1 Å². The van der Waals surface area contributed by atoms with Crippen LogP contribution in [-0.2, 0) is 11.2 Å². The van der Waals surface area contributed by atoms with Crippen molar-refractivity contribution in [1.82, 2.24) is 4.98 Å². The SMILES string of the molecule is O=C(O)C1(Cc2cnc(Cl)cc2Cl)CCCCC1. The molecule has 0 aromatic carbocycles. The molecule has 1 aromatic rings. The summed E-state index contributed by atoms with van der Waals surface area (Å²) in [5.74, 6) is -0.729. The maximum atomic E-state index is 11.6. The molecule has 18 heavy (non-hydrogen) atoms. The molecule has 2 rings (SSSR count). The first-order valence-electron chi connectivity index (χ1n) is 6.07. The van der Waals surface area contributed by atoms with Crippen molar-refractivity contribution in [3.8, 4) is 0 Å². The minimum atomic E-state index is -0.729. The summed E-state index contributed by atoms with van der Waals surface area (Å²) in [6, 6.07) is 1.57. The molecule has 1 fully saturated rings. The third kappa shape index (κ3) is 2.78. The molecule has 1 aromatic heterocycles. The van der Waals surface area contributed by atoms with E-state index in [9.17, 15) is 9.90 Å². The van der Waals surface area contributed by atoms with Crippen molar-refractivity contribution < 1.29 is 9.90 Å². The highest BCUT2D eigenvalue weighted by molar-refractivity contribution is 6.34. The Hall–Kier alpha value is -0.800. The minimum Gasteiger partial charge on any atom is -0.481 e. The number of pyridine rings is 1. The summed E-state index contributed by atoms with van der Waals surface area (Å²) in [5, 5.41) is 10.3. The predicted molar refractivity (Wildman–Crippen MR) is 71.1 cm³/mol. The van der Waals surface area contributed by atoms with Crippen LogP contribution in [0.25, 0.3) is 0 Å². The van der Waals surface area contributed by atoms with Gasteiger partial charge in [0.05, 0.1) is 5.41 Å². The van der Waals surface area contributed by atoms with Crippen LogP contribution in [0.1, 0.15) is 37.7 Å². The van der Waals surface area contributed by atoms with Crippen molar-refractivity contribution in [1.29, 1.82) is 0 Å². The fraction of sp³-hybridized carbons (Fsp3) is 0.538. The second-order valence-electron chi connectivity index (χ2n) is 4.92. The number of rotatable bonds is 3. The highest BCUT2D eigenvalue weighted by Crippen LogP contribution is 2.40. The lowest BCUT2D eigenvalue weighted by molar-refractivity contribution is -0.151. The number of nitrogens with zero attached hydrogens (tertiary/aromatic N) is 1. The summed E-state index contributed by atoms with van der Waals surface area (Å²) < 4.78 is 0. The van der Waals surface area contributed by atoms with Gasteiger partial charge >= 0.3 is 5.97 Å². The molecule has 0 bridgehead atoms. The van der Waals surface area contributed by atoms with Gasteiger partial charge in [-0.15, -0.1) is 0 Å². The summed E-state index contributed by atoms with van der Waals surface area (Å²) >= 11 is 11.8. The van der Waals surface area contributed by atoms with Gasteiger partial charge in [-0.2, -0.15) is 0 Å². The van der Waals surface area contributed by atoms with Gasteiger partial charge in [-0.05, 0) is 30.9 Å². The van der Waals surface area contributed by atoms with Crippen molar-refractivity contribution in [2.75, 3.05) is 0 Å². The highest BCUT2D eigenvalue weighted by atomic mass is 35.5. The molecule has 1 aliphatic carbocycles. The standard InChI is InChI=1S/C13H15Cl2NO2/c14-10-6-11(15)16-8-9(10)7-13(12(17)18)4-2-1-3-5-13/h6,8H,1-5,7H2,(H,17,18). The quantitative estimate of drug-likeness (QED) is 0.856. The molecule has 1 heterocycles. The van der Waals surface area contributed by atoms with E-state index in [0.717, 1.165) is 24.8 Å². The average Bonchev–Trinajstić information content (AvgIpc) is 2.34. The zero-order chi connectivity index (χ0) is 13.2. The Morgan fingerprint density at radius 3 is 2.56 bits per heavy atom. The van der Waals surface area contributed by atoms with Crippen LogP contribution in [0.15, 0.2) is 12.3 Å². The van der Waals surface area contributed by atoms with Crippen molar-refractivity contribution in [2.45, 2.75) is 38.5 Å². The summed E-state index contributed by atoms with van der Waals surface area (Å²) in [6.07, 6.45) is 6.48. The molecule has 1 N–H and O–H groups in total. The second kappa shape index (κ2) is 5.45. The van der Waals surface area contributed by atoms with Gasteiger partial charge in [0.1, 0.15) is 5.15 Å². The maximum absolute atomic E-state index is 11.6. The maximum Gasteiger partial charge on any atom is 0.309 e. The predicted octanol–water partition coefficient (Wildman–Crippen LogP) is 3.97. The van der Waals surface area contributed by atoms with Gasteiger partial charge < -0.3 is 5.11 Å². The summed E-state index contributed by atoms with van der Waals surface area (Å²) in [4.78, 5) is 15.6. The third-order valence-electron chi connectivity index (χ3n) is 3.69. The number of carbonyl (C=O) groups is 1. The number of hydrogen-bond donors (Lipinski definition) is 1. The highest BCUT2D eigenvalue weighted by Gasteiger charge is 2.40. The Labute approximate surface area is 116 Å². The summed E-state index contributed by atoms with van der Waals surface area (Å²) in [7, 11) is 0. The zero-order valence-electron chi connectivity index (χ0n) is 9.96. The summed E-state index contributed by atoms with van der Waals surface area (Å²) in [5.41, 5.74) is 0.0857. The number of aliphatic carboxylic acids is 1. The third-order valence-corrected chi connectivity index (χ3v) is 4.25. The lowest BCUT2D eigenvalue weighted by Crippen LogP contribution is -2.35. The molecule has 5 heteroatoms. The van der Waals surface area contributed by atoms with Gasteiger partial charge in [-0.1, -0.05) is 42.5 Å². The van der Waals surface area contributed by atoms with E-state index in [1.54, 1.807) is 12.3 Å². The number of carboxylic acid groups (broad SMARTS) is 1. The topological polar surface area (TPSA) is 50.2 Å². The lowest BCUT2D eigenvalue weighted by atomic mass is 9.70. The second-order valence-corrected chi connectivity index (χ2v) is 5.72. The summed E-state index contributed by atoms with van der Waals surface area (Å²) in [6.45, 7) is 0. The van der Waals surface area contributed by atoms with Gasteiger partial charge in [0.2, 0.25) is 0 Å². The fourth-order valence-corrected chi connectivity index (χ4v) is 3.06. The molecule has 3 nitrogen and oxygen atoms in total. The van der Waals surface area contributed by atoms with Crippen LogP contribution in [0.4, 0.5) is 0 Å². The molecule has 0 aliphatic heterocycles. The fourth-order valence-electron chi connectivity index (χ4n) is 2.63. The molecule has 0 spiro atoms. The van der Waals surface area contributed by atoms with E-state index in [0.29, 0.717) is 29.4 Å². The van der Waals surface area contributed by atoms with Gasteiger partial charge in [-0.25, -0.2) is 4.98 Å². The van der Waals surface area contributed by atoms with Crippen molar-refractivity contribution in [3.05, 3.63) is 28.0 Å². The van der Waals surface area contributed by atoms with Gasteiger partial charge in [0.15, 0.2) is 0 Å². The van der Waals surface area contributed by atoms with Crippen molar-refractivity contribution in [3.63, 3.8) is 0 Å². The largest absolute Gasteiger partial charge is 0.481 e. The monoisotopic (exact) mass is 287 g/mol. The first kappa shape index (κ1) is 13.6. The van der Waals surface area contributed by atoms with E-state index in [2.05, 4.69) is 4.98 Å². The molecule has 0 atom stereocenters. The van der Waals surface area contributed by atoms with Crippen LogP contribution in [0.5, 0.6) is 0 Å². The van der Waals surface area contributed by atoms with Crippen molar-refractivity contribution >= 4 is 29.2 Å². The Morgan fingerprint density at radius 2 is 2.00 bits per heavy atom. The van der Waals surface area contributed by atoms with Gasteiger partial charge in [0, 0.05) is 11.2 Å². The van der Waals surface area contributed by atoms with Gasteiger partial charge in [-0.3, -0.25) is 4.79 Å². The minimum absolute atomic E-state index is 0.330. The van der Waals surface area contributed by atoms with E-state index in [1.807, 2.05) is 0 Å². The van der Waals surface area contributed by atoms with E-state index in [4.69, 9.17) is 23.2 Å².